The van der Waals surface area contributed by atoms with Crippen LogP contribution >= 0.6 is 50.5 Å². The van der Waals surface area contributed by atoms with E-state index in [0.717, 1.165) is 5.56 Å². The Labute approximate surface area is 171 Å². The van der Waals surface area contributed by atoms with Crippen LogP contribution in [0.25, 0.3) is 16.8 Å². The van der Waals surface area contributed by atoms with Crippen LogP contribution in [-0.2, 0) is 0 Å². The van der Waals surface area contributed by atoms with E-state index in [9.17, 15) is 9.65 Å². The summed E-state index contributed by atoms with van der Waals surface area (Å²) in [5, 5.41) is 15.5. The van der Waals surface area contributed by atoms with Crippen LogP contribution in [0, 0.1) is 17.1 Å². The van der Waals surface area contributed by atoms with Crippen LogP contribution in [0.2, 0.25) is 10.0 Å². The van der Waals surface area contributed by atoms with E-state index < -0.39 is 5.82 Å². The summed E-state index contributed by atoms with van der Waals surface area (Å²) in [4.78, 5) is 4.45. The van der Waals surface area contributed by atoms with Crippen molar-refractivity contribution in [2.45, 2.75) is 0 Å². The van der Waals surface area contributed by atoms with E-state index in [4.69, 9.17) is 23.2 Å². The lowest BCUT2D eigenvalue weighted by atomic mass is 10.2. The highest BCUT2D eigenvalue weighted by Gasteiger charge is 2.12. The molecule has 0 unspecified atom stereocenters. The number of nitrogens with one attached hydrogen (secondary N) is 1. The maximum absolute atomic E-state index is 13.9. The van der Waals surface area contributed by atoms with Gasteiger partial charge >= 0.3 is 0 Å². The maximum Gasteiger partial charge on any atom is 0.147 e. The van der Waals surface area contributed by atoms with Crippen molar-refractivity contribution in [1.82, 2.24) is 4.98 Å². The molecule has 1 aromatic heterocycles. The first-order valence-corrected chi connectivity index (χ1v) is 9.64. The summed E-state index contributed by atoms with van der Waals surface area (Å²) in [5.74, 6) is -0.430. The molecule has 0 aliphatic carbocycles. The quantitative estimate of drug-likeness (QED) is 0.419. The minimum Gasteiger partial charge on any atom is -0.358 e. The van der Waals surface area contributed by atoms with Crippen molar-refractivity contribution in [1.29, 1.82) is 5.26 Å². The van der Waals surface area contributed by atoms with Gasteiger partial charge in [-0.2, -0.15) is 5.26 Å². The highest BCUT2D eigenvalue weighted by molar-refractivity contribution is 9.10. The first kappa shape index (κ1) is 18.9. The molecule has 26 heavy (non-hydrogen) atoms. The minimum atomic E-state index is -0.430. The number of anilines is 1. The van der Waals surface area contributed by atoms with Crippen molar-refractivity contribution in [2.75, 3.05) is 5.32 Å². The maximum atomic E-state index is 13.9. The number of thiazole rings is 1. The molecule has 0 saturated carbocycles. The van der Waals surface area contributed by atoms with Gasteiger partial charge in [0.05, 0.1) is 16.4 Å². The summed E-state index contributed by atoms with van der Waals surface area (Å²) < 4.78 is 14.5. The van der Waals surface area contributed by atoms with Gasteiger partial charge in [0.2, 0.25) is 0 Å². The topological polar surface area (TPSA) is 48.7 Å². The van der Waals surface area contributed by atoms with Crippen molar-refractivity contribution in [3.63, 3.8) is 0 Å². The Kier molecular flexibility index (Phi) is 5.94. The molecule has 0 amide bonds. The molecule has 0 spiro atoms. The van der Waals surface area contributed by atoms with Crippen LogP contribution in [0.1, 0.15) is 5.01 Å². The van der Waals surface area contributed by atoms with Gasteiger partial charge in [0.1, 0.15) is 22.5 Å². The minimum absolute atomic E-state index is 0.262. The van der Waals surface area contributed by atoms with Crippen LogP contribution < -0.4 is 5.32 Å². The summed E-state index contributed by atoms with van der Waals surface area (Å²) >= 11 is 16.6. The lowest BCUT2D eigenvalue weighted by Crippen LogP contribution is -1.94. The third-order valence-electron chi connectivity index (χ3n) is 3.37. The second-order valence-electron chi connectivity index (χ2n) is 5.10. The molecule has 0 saturated heterocycles. The van der Waals surface area contributed by atoms with Crippen LogP contribution in [0.3, 0.4) is 0 Å². The van der Waals surface area contributed by atoms with Crippen molar-refractivity contribution >= 4 is 61.7 Å². The van der Waals surface area contributed by atoms with Crippen LogP contribution in [0.4, 0.5) is 10.1 Å². The third-order valence-corrected chi connectivity index (χ3v) is 5.28. The first-order valence-electron chi connectivity index (χ1n) is 7.21. The highest BCUT2D eigenvalue weighted by Crippen LogP contribution is 2.32. The van der Waals surface area contributed by atoms with E-state index in [2.05, 4.69) is 32.3 Å². The normalized spacial score (nSPS) is 11.3. The molecule has 3 nitrogen and oxygen atoms in total. The van der Waals surface area contributed by atoms with E-state index in [1.807, 2.05) is 0 Å². The fourth-order valence-corrected chi connectivity index (χ4v) is 3.74. The Morgan fingerprint density at radius 1 is 1.27 bits per heavy atom. The zero-order valence-corrected chi connectivity index (χ0v) is 16.8. The Bertz CT molecular complexity index is 1040. The molecular weight excluding hydrogens is 460 g/mol. The molecule has 2 aromatic carbocycles. The molecule has 130 valence electrons. The number of aromatic nitrogens is 1. The molecule has 0 bridgehead atoms. The molecule has 0 atom stereocenters. The lowest BCUT2D eigenvalue weighted by molar-refractivity contribution is 0.631. The van der Waals surface area contributed by atoms with Crippen LogP contribution in [-0.4, -0.2) is 4.98 Å². The summed E-state index contributed by atoms with van der Waals surface area (Å²) in [5.41, 5.74) is 1.91. The van der Waals surface area contributed by atoms with E-state index in [1.165, 1.54) is 23.6 Å². The molecule has 0 radical (unpaired) electrons. The lowest BCUT2D eigenvalue weighted by Gasteiger charge is -2.03. The number of hydrogen-bond acceptors (Lipinski definition) is 4. The fraction of sp³-hybridized carbons (Fsp3) is 0. The smallest absolute Gasteiger partial charge is 0.147 e. The largest absolute Gasteiger partial charge is 0.358 e. The zero-order valence-electron chi connectivity index (χ0n) is 12.9. The molecule has 1 heterocycles. The van der Waals surface area contributed by atoms with Gasteiger partial charge in [-0.05, 0) is 36.4 Å². The van der Waals surface area contributed by atoms with Crippen LogP contribution in [0.5, 0.6) is 0 Å². The van der Waals surface area contributed by atoms with Gasteiger partial charge in [0.25, 0.3) is 0 Å². The van der Waals surface area contributed by atoms with Gasteiger partial charge in [-0.1, -0.05) is 39.1 Å². The van der Waals surface area contributed by atoms with Gasteiger partial charge in [0, 0.05) is 26.6 Å². The average molecular weight is 469 g/mol. The molecule has 0 aliphatic rings. The van der Waals surface area contributed by atoms with E-state index >= 15 is 0 Å². The molecule has 0 aliphatic heterocycles. The summed E-state index contributed by atoms with van der Waals surface area (Å²) in [6.45, 7) is 0. The average Bonchev–Trinajstić information content (AvgIpc) is 3.06. The van der Waals surface area contributed by atoms with Crippen molar-refractivity contribution in [3.8, 4) is 17.3 Å². The van der Waals surface area contributed by atoms with Gasteiger partial charge < -0.3 is 5.32 Å². The van der Waals surface area contributed by atoms with E-state index in [-0.39, 0.29) is 11.3 Å². The SMILES string of the molecule is N#CC(=CNc1ccc(Br)cc1F)c1nc(-c2ccc(Cl)cc2Cl)cs1. The molecule has 0 fully saturated rings. The Morgan fingerprint density at radius 2 is 2.08 bits per heavy atom. The van der Waals surface area contributed by atoms with E-state index in [0.29, 0.717) is 25.2 Å². The first-order chi connectivity index (χ1) is 12.5. The van der Waals surface area contributed by atoms with E-state index in [1.54, 1.807) is 35.7 Å². The molecule has 8 heteroatoms. The Morgan fingerprint density at radius 3 is 2.77 bits per heavy atom. The summed E-state index contributed by atoms with van der Waals surface area (Å²) in [7, 11) is 0. The van der Waals surface area contributed by atoms with Gasteiger partial charge in [-0.15, -0.1) is 11.3 Å². The Hall–Kier alpha value is -1.91. The monoisotopic (exact) mass is 467 g/mol. The number of allylic oxidation sites excluding steroid dienone is 1. The predicted molar refractivity (Wildman–Crippen MR) is 109 cm³/mol. The standard InChI is InChI=1S/C18H9BrCl2FN3S/c19-11-1-4-16(15(22)5-11)24-8-10(7-23)18-25-17(9-26-18)13-3-2-12(20)6-14(13)21/h1-6,8-9,24H. The summed E-state index contributed by atoms with van der Waals surface area (Å²) in [6, 6.07) is 11.8. The van der Waals surface area contributed by atoms with Gasteiger partial charge in [0.15, 0.2) is 0 Å². The number of halogens is 4. The zero-order chi connectivity index (χ0) is 18.7. The predicted octanol–water partition coefficient (Wildman–Crippen LogP) is 7.00. The number of benzene rings is 2. The van der Waals surface area contributed by atoms with Crippen molar-refractivity contribution < 1.29 is 4.39 Å². The third kappa shape index (κ3) is 4.25. The number of rotatable bonds is 4. The molecule has 3 aromatic rings. The molecule has 1 N–H and O–H groups in total. The van der Waals surface area contributed by atoms with Crippen LogP contribution in [0.15, 0.2) is 52.5 Å². The summed E-state index contributed by atoms with van der Waals surface area (Å²) in [6.07, 6.45) is 1.43. The molecular formula is C18H9BrCl2FN3S. The second-order valence-corrected chi connectivity index (χ2v) is 7.72. The number of nitrogens with zero attached hydrogens (tertiary/aromatic N) is 2. The molecule has 3 rings (SSSR count). The van der Waals surface area contributed by atoms with Gasteiger partial charge in [-0.3, -0.25) is 0 Å². The van der Waals surface area contributed by atoms with Gasteiger partial charge in [-0.25, -0.2) is 9.37 Å². The number of nitriles is 1. The van der Waals surface area contributed by atoms with Crippen molar-refractivity contribution in [3.05, 3.63) is 73.3 Å². The fourth-order valence-electron chi connectivity index (χ4n) is 2.12. The second kappa shape index (κ2) is 8.19. The number of hydrogen-bond donors (Lipinski definition) is 1. The highest BCUT2D eigenvalue weighted by atomic mass is 79.9. The Balaban J connectivity index is 1.87. The van der Waals surface area contributed by atoms with Crippen molar-refractivity contribution in [2.24, 2.45) is 0 Å².